The second kappa shape index (κ2) is 7.92. The van der Waals surface area contributed by atoms with Crippen molar-refractivity contribution in [1.82, 2.24) is 9.97 Å². The number of hydrogen-bond donors (Lipinski definition) is 0. The molecule has 0 spiro atoms. The normalized spacial score (nSPS) is 13.0. The van der Waals surface area contributed by atoms with Crippen LogP contribution in [0.4, 0.5) is 26.3 Å². The average molecular weight is 468 g/mol. The van der Waals surface area contributed by atoms with Gasteiger partial charge < -0.3 is 4.84 Å². The minimum absolute atomic E-state index is 0.0601. The molecule has 30 heavy (non-hydrogen) atoms. The van der Waals surface area contributed by atoms with Crippen molar-refractivity contribution in [2.24, 2.45) is 5.16 Å². The smallest absolute Gasteiger partial charge is 0.336 e. The molecule has 0 bridgehead atoms. The van der Waals surface area contributed by atoms with Crippen LogP contribution in [0.1, 0.15) is 23.7 Å². The van der Waals surface area contributed by atoms with Gasteiger partial charge in [-0.05, 0) is 31.2 Å². The van der Waals surface area contributed by atoms with Crippen LogP contribution in [0.3, 0.4) is 0 Å². The third kappa shape index (κ3) is 4.76. The fourth-order valence-corrected chi connectivity index (χ4v) is 3.01. The average Bonchev–Trinajstić information content (AvgIpc) is 2.63. The largest absolute Gasteiger partial charge is 0.433 e. The lowest BCUT2D eigenvalue weighted by Crippen LogP contribution is -2.14. The fraction of sp³-hybridized carbons (Fsp3) is 0.167. The number of benzene rings is 1. The maximum absolute atomic E-state index is 13.2. The van der Waals surface area contributed by atoms with Gasteiger partial charge in [0.1, 0.15) is 5.69 Å². The Morgan fingerprint density at radius 2 is 1.63 bits per heavy atom. The van der Waals surface area contributed by atoms with Crippen LogP contribution in [-0.4, -0.2) is 15.7 Å². The van der Waals surface area contributed by atoms with Crippen molar-refractivity contribution in [1.29, 1.82) is 0 Å². The van der Waals surface area contributed by atoms with E-state index >= 15 is 0 Å². The third-order valence-electron chi connectivity index (χ3n) is 3.84. The van der Waals surface area contributed by atoms with E-state index in [2.05, 4.69) is 15.1 Å². The first-order valence-electron chi connectivity index (χ1n) is 7.99. The molecule has 12 heteroatoms. The van der Waals surface area contributed by atoms with Crippen molar-refractivity contribution in [3.8, 4) is 5.88 Å². The Hall–Kier alpha value is -2.59. The molecule has 1 aromatic carbocycles. The zero-order valence-electron chi connectivity index (χ0n) is 14.7. The van der Waals surface area contributed by atoms with Gasteiger partial charge in [0.05, 0.1) is 16.3 Å². The zero-order chi connectivity index (χ0) is 22.3. The van der Waals surface area contributed by atoms with Crippen LogP contribution in [0.2, 0.25) is 10.0 Å². The molecule has 158 valence electrons. The molecule has 0 unspecified atom stereocenters. The number of aromatic nitrogens is 2. The molecule has 0 saturated carbocycles. The molecule has 0 aliphatic carbocycles. The number of oxime groups is 1. The molecule has 0 fully saturated rings. The van der Waals surface area contributed by atoms with Crippen LogP contribution >= 0.6 is 23.2 Å². The van der Waals surface area contributed by atoms with E-state index < -0.39 is 34.6 Å². The monoisotopic (exact) mass is 467 g/mol. The molecular formula is C18H9Cl2F6N3O. The predicted molar refractivity (Wildman–Crippen MR) is 98.8 cm³/mol. The van der Waals surface area contributed by atoms with Crippen LogP contribution in [0, 0.1) is 0 Å². The summed E-state index contributed by atoms with van der Waals surface area (Å²) in [5, 5.41) is 3.81. The molecule has 0 aliphatic heterocycles. The topological polar surface area (TPSA) is 47.4 Å². The van der Waals surface area contributed by atoms with Crippen LogP contribution in [0.25, 0.3) is 11.0 Å². The van der Waals surface area contributed by atoms with Crippen molar-refractivity contribution >= 4 is 39.9 Å². The number of nitrogens with zero attached hydrogens (tertiary/aromatic N) is 3. The Morgan fingerprint density at radius 1 is 0.933 bits per heavy atom. The summed E-state index contributed by atoms with van der Waals surface area (Å²) in [4.78, 5) is 11.9. The van der Waals surface area contributed by atoms with E-state index in [0.29, 0.717) is 10.6 Å². The quantitative estimate of drug-likeness (QED) is 0.242. The Bertz CT molecular complexity index is 1150. The van der Waals surface area contributed by atoms with Crippen molar-refractivity contribution in [2.45, 2.75) is 19.3 Å². The van der Waals surface area contributed by atoms with E-state index in [0.717, 1.165) is 12.1 Å². The number of pyridine rings is 2. The number of halogens is 8. The van der Waals surface area contributed by atoms with Gasteiger partial charge in [0.2, 0.25) is 0 Å². The Labute approximate surface area is 175 Å². The Balaban J connectivity index is 2.02. The van der Waals surface area contributed by atoms with E-state index in [9.17, 15) is 26.3 Å². The van der Waals surface area contributed by atoms with E-state index in [1.807, 2.05) is 0 Å². The van der Waals surface area contributed by atoms with Crippen molar-refractivity contribution in [2.75, 3.05) is 0 Å². The number of hydrogen-bond acceptors (Lipinski definition) is 4. The first kappa shape index (κ1) is 22.1. The van der Waals surface area contributed by atoms with Gasteiger partial charge in [-0.3, -0.25) is 0 Å². The summed E-state index contributed by atoms with van der Waals surface area (Å²) < 4.78 is 78.5. The summed E-state index contributed by atoms with van der Waals surface area (Å²) in [6.07, 6.45) is -10.1. The molecule has 0 amide bonds. The molecule has 0 N–H and O–H groups in total. The summed E-state index contributed by atoms with van der Waals surface area (Å²) in [7, 11) is 0. The molecular weight excluding hydrogens is 459 g/mol. The molecule has 2 heterocycles. The van der Waals surface area contributed by atoms with Crippen LogP contribution in [-0.2, 0) is 12.4 Å². The highest BCUT2D eigenvalue weighted by Crippen LogP contribution is 2.38. The first-order valence-corrected chi connectivity index (χ1v) is 8.75. The van der Waals surface area contributed by atoms with Gasteiger partial charge in [-0.25, -0.2) is 4.98 Å². The third-order valence-corrected chi connectivity index (χ3v) is 4.39. The summed E-state index contributed by atoms with van der Waals surface area (Å²) in [6, 6.07) is 6.47. The van der Waals surface area contributed by atoms with E-state index in [-0.39, 0.29) is 22.7 Å². The van der Waals surface area contributed by atoms with Gasteiger partial charge in [-0.1, -0.05) is 34.4 Å². The lowest BCUT2D eigenvalue weighted by molar-refractivity contribution is -0.144. The lowest BCUT2D eigenvalue weighted by Gasteiger charge is -2.13. The Morgan fingerprint density at radius 3 is 2.23 bits per heavy atom. The molecule has 4 nitrogen and oxygen atoms in total. The molecule has 3 aromatic rings. The fourth-order valence-electron chi connectivity index (χ4n) is 2.47. The van der Waals surface area contributed by atoms with E-state index in [1.165, 1.54) is 13.0 Å². The second-order valence-corrected chi connectivity index (χ2v) is 6.81. The summed E-state index contributed by atoms with van der Waals surface area (Å²) in [5.74, 6) is -0.355. The van der Waals surface area contributed by atoms with Gasteiger partial charge in [0.15, 0.2) is 5.65 Å². The SMILES string of the molecule is C/C(=N\Oc1ccc2c(C(F)(F)F)cc(C(F)(F)F)nc2n1)c1ccc(Cl)cc1Cl. The van der Waals surface area contributed by atoms with Gasteiger partial charge in [-0.2, -0.15) is 31.3 Å². The highest BCUT2D eigenvalue weighted by atomic mass is 35.5. The van der Waals surface area contributed by atoms with Crippen molar-refractivity contribution < 1.29 is 31.2 Å². The number of fused-ring (bicyclic) bond motifs is 1. The molecule has 0 aliphatic rings. The van der Waals surface area contributed by atoms with Gasteiger partial charge >= 0.3 is 12.4 Å². The second-order valence-electron chi connectivity index (χ2n) is 5.96. The lowest BCUT2D eigenvalue weighted by atomic mass is 10.1. The molecule has 0 atom stereocenters. The van der Waals surface area contributed by atoms with Crippen molar-refractivity contribution in [3.63, 3.8) is 0 Å². The van der Waals surface area contributed by atoms with Crippen LogP contribution in [0.15, 0.2) is 41.6 Å². The van der Waals surface area contributed by atoms with Gasteiger partial charge in [0, 0.05) is 22.0 Å². The summed E-state index contributed by atoms with van der Waals surface area (Å²) in [6.45, 7) is 1.53. The van der Waals surface area contributed by atoms with Crippen LogP contribution < -0.4 is 4.84 Å². The highest BCUT2D eigenvalue weighted by Gasteiger charge is 2.39. The standard InChI is InChI=1S/C18H9Cl2F6N3O/c1-8(10-3-2-9(19)6-13(10)20)29-30-15-5-4-11-12(17(21,22)23)7-14(18(24,25)26)27-16(11)28-15/h2-7H,1H3/b29-8+. The maximum atomic E-state index is 13.2. The zero-order valence-corrected chi connectivity index (χ0v) is 16.2. The predicted octanol–water partition coefficient (Wildman–Crippen LogP) is 6.78. The first-order chi connectivity index (χ1) is 13.9. The molecule has 2 aromatic heterocycles. The van der Waals surface area contributed by atoms with Crippen LogP contribution in [0.5, 0.6) is 5.88 Å². The number of alkyl halides is 6. The minimum atomic E-state index is -5.09. The Kier molecular flexibility index (Phi) is 5.83. The van der Waals surface area contributed by atoms with E-state index in [4.69, 9.17) is 28.0 Å². The maximum Gasteiger partial charge on any atom is 0.433 e. The summed E-state index contributed by atoms with van der Waals surface area (Å²) >= 11 is 11.9. The van der Waals surface area contributed by atoms with Gasteiger partial charge in [-0.15, -0.1) is 0 Å². The molecule has 0 radical (unpaired) electrons. The highest BCUT2D eigenvalue weighted by molar-refractivity contribution is 6.36. The van der Waals surface area contributed by atoms with Gasteiger partial charge in [0.25, 0.3) is 5.88 Å². The molecule has 3 rings (SSSR count). The molecule has 0 saturated heterocycles. The van der Waals surface area contributed by atoms with Crippen molar-refractivity contribution in [3.05, 3.63) is 63.3 Å². The summed E-state index contributed by atoms with van der Waals surface area (Å²) in [5.41, 5.74) is -3.29. The number of rotatable bonds is 3. The van der Waals surface area contributed by atoms with E-state index in [1.54, 1.807) is 12.1 Å². The minimum Gasteiger partial charge on any atom is -0.336 e.